The summed E-state index contributed by atoms with van der Waals surface area (Å²) in [4.78, 5) is 6.95. The van der Waals surface area contributed by atoms with Crippen LogP contribution in [0.4, 0.5) is 17.1 Å². The monoisotopic (exact) mass is 376 g/mol. The summed E-state index contributed by atoms with van der Waals surface area (Å²) >= 11 is 1.49. The van der Waals surface area contributed by atoms with E-state index in [9.17, 15) is 5.26 Å². The van der Waals surface area contributed by atoms with Gasteiger partial charge in [0.2, 0.25) is 0 Å². The van der Waals surface area contributed by atoms with Crippen LogP contribution < -0.4 is 10.2 Å². The predicted octanol–water partition coefficient (Wildman–Crippen LogP) is 4.41. The van der Waals surface area contributed by atoms with Gasteiger partial charge in [-0.25, -0.2) is 4.98 Å². The largest absolute Gasteiger partial charge is 0.378 e. The van der Waals surface area contributed by atoms with Crippen molar-refractivity contribution in [2.45, 2.75) is 5.03 Å². The molecule has 1 aliphatic rings. The molecule has 0 amide bonds. The number of fused-ring (bicyclic) bond motifs is 1. The molecule has 0 spiro atoms. The Morgan fingerprint density at radius 2 is 1.85 bits per heavy atom. The van der Waals surface area contributed by atoms with Crippen LogP contribution in [-0.4, -0.2) is 37.5 Å². The third-order valence-electron chi connectivity index (χ3n) is 4.68. The maximum Gasteiger partial charge on any atom is 0.116 e. The molecule has 0 bridgehead atoms. The Morgan fingerprint density at radius 1 is 1.11 bits per heavy atom. The molecule has 0 aliphatic carbocycles. The molecule has 6 heteroatoms. The van der Waals surface area contributed by atoms with Crippen LogP contribution in [0.2, 0.25) is 0 Å². The lowest BCUT2D eigenvalue weighted by Gasteiger charge is -2.29. The summed E-state index contributed by atoms with van der Waals surface area (Å²) < 4.78 is 5.42. The predicted molar refractivity (Wildman–Crippen MR) is 111 cm³/mol. The van der Waals surface area contributed by atoms with Gasteiger partial charge in [0.1, 0.15) is 16.7 Å². The van der Waals surface area contributed by atoms with Crippen LogP contribution in [0.5, 0.6) is 0 Å². The molecule has 1 aliphatic heterocycles. The first-order valence-electron chi connectivity index (χ1n) is 8.87. The molecule has 1 aromatic heterocycles. The summed E-state index contributed by atoms with van der Waals surface area (Å²) in [5.41, 5.74) is 4.42. The maximum absolute atomic E-state index is 9.72. The van der Waals surface area contributed by atoms with E-state index in [1.807, 2.05) is 30.5 Å². The van der Waals surface area contributed by atoms with Crippen LogP contribution in [0.25, 0.3) is 10.9 Å². The van der Waals surface area contributed by atoms with Crippen molar-refractivity contribution in [2.24, 2.45) is 0 Å². The Labute approximate surface area is 163 Å². The van der Waals surface area contributed by atoms with E-state index in [2.05, 4.69) is 45.5 Å². The summed E-state index contributed by atoms with van der Waals surface area (Å²) in [6.07, 6.45) is 1.94. The average molecular weight is 376 g/mol. The van der Waals surface area contributed by atoms with Gasteiger partial charge in [-0.1, -0.05) is 18.2 Å². The Bertz CT molecular complexity index is 991. The second-order valence-electron chi connectivity index (χ2n) is 6.27. The summed E-state index contributed by atoms with van der Waals surface area (Å²) in [5, 5.41) is 14.9. The molecule has 0 atom stereocenters. The molecule has 4 rings (SSSR count). The second-order valence-corrected chi connectivity index (χ2v) is 7.07. The van der Waals surface area contributed by atoms with E-state index in [1.54, 1.807) is 0 Å². The van der Waals surface area contributed by atoms with Crippen molar-refractivity contribution in [1.29, 1.82) is 5.26 Å². The minimum absolute atomic E-state index is 0.582. The molecule has 1 fully saturated rings. The highest BCUT2D eigenvalue weighted by atomic mass is 32.2. The fourth-order valence-electron chi connectivity index (χ4n) is 3.29. The smallest absolute Gasteiger partial charge is 0.116 e. The van der Waals surface area contributed by atoms with Crippen LogP contribution >= 0.6 is 11.8 Å². The van der Waals surface area contributed by atoms with Gasteiger partial charge in [-0.15, -0.1) is 11.8 Å². The Kier molecular flexibility index (Phi) is 5.14. The molecule has 136 valence electrons. The molecule has 1 saturated heterocycles. The van der Waals surface area contributed by atoms with E-state index in [1.165, 1.54) is 17.4 Å². The lowest BCUT2D eigenvalue weighted by molar-refractivity contribution is 0.122. The lowest BCUT2D eigenvalue weighted by Crippen LogP contribution is -2.36. The topological polar surface area (TPSA) is 61.2 Å². The molecule has 5 nitrogen and oxygen atoms in total. The standard InChI is InChI=1S/C21H20N4OS/c1-27-21-18(14-22)20(17-4-2-3-5-19(17)24-21)23-15-6-8-16(9-7-15)25-10-12-26-13-11-25/h2-9H,10-13H2,1H3,(H,23,24). The highest BCUT2D eigenvalue weighted by molar-refractivity contribution is 7.98. The van der Waals surface area contributed by atoms with E-state index in [0.29, 0.717) is 5.56 Å². The zero-order chi connectivity index (χ0) is 18.6. The molecule has 0 saturated carbocycles. The SMILES string of the molecule is CSc1nc2ccccc2c(Nc2ccc(N3CCOCC3)cc2)c1C#N. The summed E-state index contributed by atoms with van der Waals surface area (Å²) in [7, 11) is 0. The number of hydrogen-bond acceptors (Lipinski definition) is 6. The number of aromatic nitrogens is 1. The van der Waals surface area contributed by atoms with Crippen molar-refractivity contribution in [2.75, 3.05) is 42.8 Å². The first kappa shape index (κ1) is 17.7. The van der Waals surface area contributed by atoms with Gasteiger partial charge in [0.05, 0.1) is 24.4 Å². The number of nitrogens with zero attached hydrogens (tertiary/aromatic N) is 3. The van der Waals surface area contributed by atoms with Crippen molar-refractivity contribution >= 4 is 39.7 Å². The van der Waals surface area contributed by atoms with Crippen LogP contribution in [0.3, 0.4) is 0 Å². The van der Waals surface area contributed by atoms with Gasteiger partial charge in [-0.05, 0) is 36.6 Å². The van der Waals surface area contributed by atoms with E-state index in [0.717, 1.165) is 53.6 Å². The third-order valence-corrected chi connectivity index (χ3v) is 5.36. The second kappa shape index (κ2) is 7.87. The summed E-state index contributed by atoms with van der Waals surface area (Å²) in [6, 6.07) is 18.6. The molecule has 2 aromatic carbocycles. The van der Waals surface area contributed by atoms with Gasteiger partial charge < -0.3 is 15.0 Å². The zero-order valence-corrected chi connectivity index (χ0v) is 15.9. The quantitative estimate of drug-likeness (QED) is 0.681. The molecule has 3 aromatic rings. The van der Waals surface area contributed by atoms with Gasteiger partial charge in [-0.3, -0.25) is 0 Å². The third kappa shape index (κ3) is 3.57. The number of benzene rings is 2. The van der Waals surface area contributed by atoms with Crippen LogP contribution in [-0.2, 0) is 4.74 Å². The van der Waals surface area contributed by atoms with E-state index < -0.39 is 0 Å². The molecule has 2 heterocycles. The average Bonchev–Trinajstić information content (AvgIpc) is 2.74. The molecule has 0 unspecified atom stereocenters. The highest BCUT2D eigenvalue weighted by Crippen LogP contribution is 2.34. The van der Waals surface area contributed by atoms with Crippen molar-refractivity contribution in [1.82, 2.24) is 4.98 Å². The number of morpholine rings is 1. The fraction of sp³-hybridized carbons (Fsp3) is 0.238. The van der Waals surface area contributed by atoms with Crippen LogP contribution in [0.1, 0.15) is 5.56 Å². The van der Waals surface area contributed by atoms with Crippen LogP contribution in [0.15, 0.2) is 53.6 Å². The molecular weight excluding hydrogens is 356 g/mol. The summed E-state index contributed by atoms with van der Waals surface area (Å²) in [5.74, 6) is 0. The number of nitriles is 1. The van der Waals surface area contributed by atoms with Gasteiger partial charge >= 0.3 is 0 Å². The molecular formula is C21H20N4OS. The van der Waals surface area contributed by atoms with E-state index >= 15 is 0 Å². The first-order valence-corrected chi connectivity index (χ1v) is 10.1. The number of anilines is 3. The number of nitrogens with one attached hydrogen (secondary N) is 1. The number of pyridine rings is 1. The van der Waals surface area contributed by atoms with Crippen molar-refractivity contribution in [3.05, 3.63) is 54.1 Å². The van der Waals surface area contributed by atoms with Crippen molar-refractivity contribution in [3.63, 3.8) is 0 Å². The minimum atomic E-state index is 0.582. The lowest BCUT2D eigenvalue weighted by atomic mass is 10.1. The normalized spacial score (nSPS) is 14.1. The first-order chi connectivity index (χ1) is 13.3. The summed E-state index contributed by atoms with van der Waals surface area (Å²) in [6.45, 7) is 3.37. The van der Waals surface area contributed by atoms with Crippen LogP contribution in [0, 0.1) is 11.3 Å². The van der Waals surface area contributed by atoms with E-state index in [-0.39, 0.29) is 0 Å². The van der Waals surface area contributed by atoms with Crippen molar-refractivity contribution in [3.8, 4) is 6.07 Å². The van der Waals surface area contributed by atoms with Gasteiger partial charge in [0.15, 0.2) is 0 Å². The van der Waals surface area contributed by atoms with Crippen molar-refractivity contribution < 1.29 is 4.74 Å². The Balaban J connectivity index is 1.69. The molecule has 0 radical (unpaired) electrons. The number of ether oxygens (including phenoxy) is 1. The number of hydrogen-bond donors (Lipinski definition) is 1. The molecule has 1 N–H and O–H groups in total. The van der Waals surface area contributed by atoms with Gasteiger partial charge in [-0.2, -0.15) is 5.26 Å². The van der Waals surface area contributed by atoms with Gasteiger partial charge in [0.25, 0.3) is 0 Å². The number of thioether (sulfide) groups is 1. The maximum atomic E-state index is 9.72. The van der Waals surface area contributed by atoms with Gasteiger partial charge in [0, 0.05) is 29.9 Å². The highest BCUT2D eigenvalue weighted by Gasteiger charge is 2.15. The van der Waals surface area contributed by atoms with E-state index in [4.69, 9.17) is 4.74 Å². The fourth-order valence-corrected chi connectivity index (χ4v) is 3.83. The zero-order valence-electron chi connectivity index (χ0n) is 15.1. The molecule has 27 heavy (non-hydrogen) atoms. The minimum Gasteiger partial charge on any atom is -0.378 e. The number of rotatable bonds is 4. The number of para-hydroxylation sites is 1. The Hall–Kier alpha value is -2.75. The Morgan fingerprint density at radius 3 is 2.56 bits per heavy atom.